The van der Waals surface area contributed by atoms with E-state index in [0.29, 0.717) is 16.5 Å². The van der Waals surface area contributed by atoms with E-state index in [1.165, 1.54) is 7.11 Å². The molecule has 0 fully saturated rings. The Morgan fingerprint density at radius 2 is 1.60 bits per heavy atom. The molecule has 3 aromatic carbocycles. The van der Waals surface area contributed by atoms with E-state index >= 15 is 0 Å². The highest BCUT2D eigenvalue weighted by atomic mass is 16.5. The van der Waals surface area contributed by atoms with Crippen LogP contribution in [-0.2, 0) is 4.74 Å². The summed E-state index contributed by atoms with van der Waals surface area (Å²) in [7, 11) is 1.32. The molecule has 0 amide bonds. The van der Waals surface area contributed by atoms with E-state index in [1.807, 2.05) is 54.6 Å². The Hall–Kier alpha value is -3.40. The lowest BCUT2D eigenvalue weighted by Crippen LogP contribution is -2.07. The first kappa shape index (κ1) is 15.1. The van der Waals surface area contributed by atoms with Gasteiger partial charge in [0.05, 0.1) is 18.1 Å². The first-order valence-corrected chi connectivity index (χ1v) is 7.82. The van der Waals surface area contributed by atoms with E-state index in [1.54, 1.807) is 12.1 Å². The molecule has 0 aliphatic heterocycles. The minimum absolute atomic E-state index is 0.337. The lowest BCUT2D eigenvalue weighted by Gasteiger charge is -2.11. The first-order valence-electron chi connectivity index (χ1n) is 7.82. The van der Waals surface area contributed by atoms with Gasteiger partial charge in [0.2, 0.25) is 0 Å². The van der Waals surface area contributed by atoms with Gasteiger partial charge in [-0.1, -0.05) is 48.5 Å². The smallest absolute Gasteiger partial charge is 0.344 e. The number of carbonyl (C=O) groups excluding carboxylic acids is 1. The Morgan fingerprint density at radius 3 is 2.36 bits per heavy atom. The van der Waals surface area contributed by atoms with E-state index in [-0.39, 0.29) is 0 Å². The van der Waals surface area contributed by atoms with Gasteiger partial charge in [0, 0.05) is 10.8 Å². The second-order valence-corrected chi connectivity index (χ2v) is 5.69. The summed E-state index contributed by atoms with van der Waals surface area (Å²) in [5, 5.41) is 1.93. The van der Waals surface area contributed by atoms with Crippen molar-refractivity contribution in [2.24, 2.45) is 0 Å². The van der Waals surface area contributed by atoms with Crippen molar-refractivity contribution in [2.45, 2.75) is 0 Å². The van der Waals surface area contributed by atoms with Gasteiger partial charge in [-0.25, -0.2) is 9.59 Å². The topological polar surface area (TPSA) is 56.5 Å². The second kappa shape index (κ2) is 5.91. The lowest BCUT2D eigenvalue weighted by atomic mass is 9.95. The van der Waals surface area contributed by atoms with Gasteiger partial charge in [0.15, 0.2) is 0 Å². The Bertz CT molecular complexity index is 1160. The largest absolute Gasteiger partial charge is 0.465 e. The van der Waals surface area contributed by atoms with Crippen LogP contribution in [0.4, 0.5) is 0 Å². The summed E-state index contributed by atoms with van der Waals surface area (Å²) in [6.07, 6.45) is 0. The molecule has 0 N–H and O–H groups in total. The van der Waals surface area contributed by atoms with Crippen LogP contribution in [0.15, 0.2) is 75.9 Å². The Morgan fingerprint density at radius 1 is 0.880 bits per heavy atom. The molecule has 4 aromatic rings. The molecule has 4 heteroatoms. The fraction of sp³-hybridized carbons (Fsp3) is 0.0476. The number of methoxy groups -OCH3 is 1. The first-order chi connectivity index (χ1) is 12.2. The Kier molecular flexibility index (Phi) is 3.58. The fourth-order valence-corrected chi connectivity index (χ4v) is 3.06. The zero-order chi connectivity index (χ0) is 17.4. The molecule has 0 unspecified atom stereocenters. The Balaban J connectivity index is 2.17. The van der Waals surface area contributed by atoms with Crippen molar-refractivity contribution in [1.82, 2.24) is 0 Å². The molecule has 0 aliphatic rings. The van der Waals surface area contributed by atoms with Crippen molar-refractivity contribution in [3.8, 4) is 11.1 Å². The van der Waals surface area contributed by atoms with Crippen LogP contribution in [0.25, 0.3) is 32.9 Å². The predicted molar refractivity (Wildman–Crippen MR) is 96.8 cm³/mol. The SMILES string of the molecule is COC(=O)c1cc2c(=O)oc3ccccc3c2cc1-c1ccccc1. The highest BCUT2D eigenvalue weighted by molar-refractivity contribution is 6.10. The zero-order valence-electron chi connectivity index (χ0n) is 13.5. The predicted octanol–water partition coefficient (Wildman–Crippen LogP) is 4.40. The van der Waals surface area contributed by atoms with E-state index < -0.39 is 11.6 Å². The molecule has 0 saturated heterocycles. The van der Waals surface area contributed by atoms with E-state index in [0.717, 1.165) is 21.9 Å². The molecule has 25 heavy (non-hydrogen) atoms. The molecular weight excluding hydrogens is 316 g/mol. The number of rotatable bonds is 2. The number of esters is 1. The van der Waals surface area contributed by atoms with Gasteiger partial charge in [0.25, 0.3) is 0 Å². The third kappa shape index (κ3) is 2.48. The molecule has 0 saturated carbocycles. The minimum Gasteiger partial charge on any atom is -0.465 e. The number of carbonyl (C=O) groups is 1. The number of hydrogen-bond donors (Lipinski definition) is 0. The summed E-state index contributed by atoms with van der Waals surface area (Å²) in [5.41, 5.74) is 1.98. The van der Waals surface area contributed by atoms with Crippen molar-refractivity contribution < 1.29 is 13.9 Å². The fourth-order valence-electron chi connectivity index (χ4n) is 3.06. The van der Waals surface area contributed by atoms with Crippen molar-refractivity contribution in [3.05, 3.63) is 82.7 Å². The Labute approximate surface area is 143 Å². The molecule has 122 valence electrons. The third-order valence-electron chi connectivity index (χ3n) is 4.25. The quantitative estimate of drug-likeness (QED) is 0.310. The van der Waals surface area contributed by atoms with Crippen molar-refractivity contribution in [3.63, 3.8) is 0 Å². The zero-order valence-corrected chi connectivity index (χ0v) is 13.5. The van der Waals surface area contributed by atoms with E-state index in [9.17, 15) is 9.59 Å². The summed E-state index contributed by atoms with van der Waals surface area (Å²) >= 11 is 0. The monoisotopic (exact) mass is 330 g/mol. The van der Waals surface area contributed by atoms with Gasteiger partial charge in [-0.3, -0.25) is 0 Å². The number of fused-ring (bicyclic) bond motifs is 3. The second-order valence-electron chi connectivity index (χ2n) is 5.69. The van der Waals surface area contributed by atoms with E-state index in [2.05, 4.69) is 0 Å². The normalized spacial score (nSPS) is 10.9. The lowest BCUT2D eigenvalue weighted by molar-refractivity contribution is 0.0602. The van der Waals surface area contributed by atoms with Crippen LogP contribution >= 0.6 is 0 Å². The molecule has 0 aliphatic carbocycles. The van der Waals surface area contributed by atoms with Gasteiger partial charge in [-0.2, -0.15) is 0 Å². The summed E-state index contributed by atoms with van der Waals surface area (Å²) in [6.45, 7) is 0. The molecule has 0 spiro atoms. The van der Waals surface area contributed by atoms with Crippen molar-refractivity contribution in [1.29, 1.82) is 0 Å². The molecule has 1 aromatic heterocycles. The molecular formula is C21H14O4. The molecule has 4 nitrogen and oxygen atoms in total. The van der Waals surface area contributed by atoms with Crippen LogP contribution in [0.2, 0.25) is 0 Å². The van der Waals surface area contributed by atoms with Crippen LogP contribution in [-0.4, -0.2) is 13.1 Å². The maximum Gasteiger partial charge on any atom is 0.344 e. The summed E-state index contributed by atoms with van der Waals surface area (Å²) in [6, 6.07) is 20.3. The average Bonchev–Trinajstić information content (AvgIpc) is 2.67. The van der Waals surface area contributed by atoms with Gasteiger partial charge in [-0.15, -0.1) is 0 Å². The van der Waals surface area contributed by atoms with Gasteiger partial charge < -0.3 is 9.15 Å². The highest BCUT2D eigenvalue weighted by Gasteiger charge is 2.18. The molecule has 0 radical (unpaired) electrons. The molecule has 0 atom stereocenters. The number of para-hydroxylation sites is 1. The molecule has 1 heterocycles. The third-order valence-corrected chi connectivity index (χ3v) is 4.25. The maximum absolute atomic E-state index is 12.4. The van der Waals surface area contributed by atoms with Gasteiger partial charge in [-0.05, 0) is 29.3 Å². The average molecular weight is 330 g/mol. The molecule has 0 bridgehead atoms. The number of hydrogen-bond acceptors (Lipinski definition) is 4. The minimum atomic E-state index is -0.492. The van der Waals surface area contributed by atoms with Crippen LogP contribution < -0.4 is 5.63 Å². The number of benzene rings is 3. The van der Waals surface area contributed by atoms with Crippen LogP contribution in [0.5, 0.6) is 0 Å². The summed E-state index contributed by atoms with van der Waals surface area (Å²) in [4.78, 5) is 24.7. The maximum atomic E-state index is 12.4. The van der Waals surface area contributed by atoms with Gasteiger partial charge >= 0.3 is 11.6 Å². The summed E-state index contributed by atoms with van der Waals surface area (Å²) in [5.74, 6) is -0.492. The van der Waals surface area contributed by atoms with Crippen LogP contribution in [0, 0.1) is 0 Å². The molecule has 4 rings (SSSR count). The van der Waals surface area contributed by atoms with E-state index in [4.69, 9.17) is 9.15 Å². The van der Waals surface area contributed by atoms with Crippen molar-refractivity contribution in [2.75, 3.05) is 7.11 Å². The number of ether oxygens (including phenoxy) is 1. The summed E-state index contributed by atoms with van der Waals surface area (Å²) < 4.78 is 10.3. The van der Waals surface area contributed by atoms with Crippen molar-refractivity contribution >= 4 is 27.7 Å². The standard InChI is InChI=1S/C21H14O4/c1-24-20(22)17-12-18-16(11-15(17)13-7-3-2-4-8-13)14-9-5-6-10-19(14)25-21(18)23/h2-12H,1H3. The van der Waals surface area contributed by atoms with Crippen LogP contribution in [0.1, 0.15) is 10.4 Å². The highest BCUT2D eigenvalue weighted by Crippen LogP contribution is 2.31. The van der Waals surface area contributed by atoms with Crippen LogP contribution in [0.3, 0.4) is 0 Å². The van der Waals surface area contributed by atoms with Gasteiger partial charge in [0.1, 0.15) is 5.58 Å².